The van der Waals surface area contributed by atoms with Gasteiger partial charge in [-0.25, -0.2) is 13.2 Å². The lowest BCUT2D eigenvalue weighted by Crippen LogP contribution is -2.18. The van der Waals surface area contributed by atoms with Gasteiger partial charge in [-0.15, -0.1) is 102 Å². The number of carbonyl (C=O) groups is 1. The lowest BCUT2D eigenvalue weighted by atomic mass is 10.0. The van der Waals surface area contributed by atoms with Crippen molar-refractivity contribution >= 4 is 148 Å². The van der Waals surface area contributed by atoms with E-state index in [9.17, 15) is 13.2 Å². The second-order valence-electron chi connectivity index (χ2n) is 40.1. The molecule has 0 atom stereocenters. The van der Waals surface area contributed by atoms with Gasteiger partial charge >= 0.3 is 5.97 Å². The van der Waals surface area contributed by atoms with E-state index < -0.39 is 9.84 Å². The Kier molecular flexibility index (Phi) is 47.6. The van der Waals surface area contributed by atoms with E-state index in [-0.39, 0.29) is 5.97 Å². The summed E-state index contributed by atoms with van der Waals surface area (Å²) in [6, 6.07) is 58.9. The van der Waals surface area contributed by atoms with Gasteiger partial charge in [0.15, 0.2) is 9.84 Å². The van der Waals surface area contributed by atoms with Gasteiger partial charge in [0.1, 0.15) is 0 Å². The summed E-state index contributed by atoms with van der Waals surface area (Å²) in [4.78, 5) is 42.8. The molecule has 142 heavy (non-hydrogen) atoms. The number of anilines is 1. The van der Waals surface area contributed by atoms with Crippen LogP contribution in [0.25, 0.3) is 113 Å². The van der Waals surface area contributed by atoms with E-state index in [1.165, 1.54) is 342 Å². The van der Waals surface area contributed by atoms with Crippen LogP contribution >= 0.6 is 102 Å². The molecule has 0 saturated carbocycles. The summed E-state index contributed by atoms with van der Waals surface area (Å²) in [6.45, 7) is 22.6. The summed E-state index contributed by atoms with van der Waals surface area (Å²) in [6.07, 6.45) is 69.1. The van der Waals surface area contributed by atoms with Gasteiger partial charge in [-0.05, 0) is 304 Å². The molecule has 0 aliphatic rings. The molecule has 762 valence electrons. The van der Waals surface area contributed by atoms with E-state index in [2.05, 4.69) is 298 Å². The predicted octanol–water partition coefficient (Wildman–Crippen LogP) is 42.9. The number of benzene rings is 4. The summed E-state index contributed by atoms with van der Waals surface area (Å²) >= 11 is 18.9. The summed E-state index contributed by atoms with van der Waals surface area (Å²) in [5.41, 5.74) is 20.2. The van der Waals surface area contributed by atoms with E-state index in [1.807, 2.05) is 47.8 Å². The maximum absolute atomic E-state index is 13.5. The number of ether oxygens (including phenoxy) is 1. The van der Waals surface area contributed by atoms with Crippen LogP contribution in [0.5, 0.6) is 0 Å². The SMILES string of the molecule is CCCCCCc1cc(-c2sc(-c3sc(-c4sc(-c5sc(-c6sc(-c7sc(-c8sc(-c9sc(/C=C/c%10ccc(C(=O)OCCCCCCN(C)c%11ccc(/C=C/c%12ccc(S(C)(=O)=O)cc%12)cc%11)cc%10)cc9CCCCCC)cc8CCCCCC)cc7CCCCCC)cc6CCCCCC)cc5CCCCCC)cc4CCCCCC)cc3CCCCCC)cc2CCCCCC)sc1-c1ccccc1. The average molecular weight is 2090 g/mol. The Morgan fingerprint density at radius 3 is 0.831 bits per heavy atom. The molecule has 9 aromatic heterocycles. The first-order chi connectivity index (χ1) is 69.5. The summed E-state index contributed by atoms with van der Waals surface area (Å²) in [5, 5.41) is 0. The lowest BCUT2D eigenvalue weighted by molar-refractivity contribution is 0.0497. The molecule has 0 unspecified atom stereocenters. The third-order valence-electron chi connectivity index (χ3n) is 28.1. The fraction of sp³-hybridized carbons (Fsp3) is 0.488. The van der Waals surface area contributed by atoms with Crippen LogP contribution in [-0.4, -0.2) is 40.8 Å². The zero-order chi connectivity index (χ0) is 99.6. The highest BCUT2D eigenvalue weighted by atomic mass is 32.2. The van der Waals surface area contributed by atoms with Gasteiger partial charge in [0.25, 0.3) is 0 Å². The van der Waals surface area contributed by atoms with E-state index in [0.29, 0.717) is 17.1 Å². The number of unbranched alkanes of at least 4 members (excludes halogenated alkanes) is 30. The number of hydrogen-bond donors (Lipinski definition) is 0. The molecule has 0 aliphatic carbocycles. The highest BCUT2D eigenvalue weighted by molar-refractivity contribution is 7.90. The minimum Gasteiger partial charge on any atom is -0.462 e. The van der Waals surface area contributed by atoms with E-state index in [0.717, 1.165) is 112 Å². The number of thiophene rings is 9. The molecule has 0 amide bonds. The van der Waals surface area contributed by atoms with Crippen molar-refractivity contribution in [2.45, 2.75) is 382 Å². The van der Waals surface area contributed by atoms with Gasteiger partial charge in [0, 0.05) is 113 Å². The van der Waals surface area contributed by atoms with Crippen molar-refractivity contribution in [3.05, 3.63) is 235 Å². The summed E-state index contributed by atoms with van der Waals surface area (Å²) < 4.78 is 29.6. The monoisotopic (exact) mass is 2090 g/mol. The Bertz CT molecular complexity index is 6070. The third kappa shape index (κ3) is 33.4. The maximum atomic E-state index is 13.5. The molecule has 0 N–H and O–H groups in total. The number of carbonyl (C=O) groups excluding carboxylic acids is 1. The highest BCUT2D eigenvalue weighted by Crippen LogP contribution is 2.56. The molecule has 13 aromatic rings. The molecule has 0 aliphatic heterocycles. The fourth-order valence-corrected chi connectivity index (χ4v) is 32.2. The van der Waals surface area contributed by atoms with E-state index in [4.69, 9.17) is 4.74 Å². The predicted molar refractivity (Wildman–Crippen MR) is 639 cm³/mol. The van der Waals surface area contributed by atoms with Crippen molar-refractivity contribution < 1.29 is 17.9 Å². The van der Waals surface area contributed by atoms with Gasteiger partial charge < -0.3 is 9.64 Å². The molecule has 0 fully saturated rings. The first kappa shape index (κ1) is 112. The number of esters is 1. The molecule has 15 heteroatoms. The van der Waals surface area contributed by atoms with Crippen molar-refractivity contribution in [1.82, 2.24) is 0 Å². The van der Waals surface area contributed by atoms with Crippen LogP contribution in [0.3, 0.4) is 0 Å². The molecule has 4 aromatic carbocycles. The van der Waals surface area contributed by atoms with Crippen molar-refractivity contribution in [2.75, 3.05) is 31.4 Å². The van der Waals surface area contributed by atoms with Crippen LogP contribution in [0.1, 0.15) is 401 Å². The van der Waals surface area contributed by atoms with Crippen LogP contribution in [0.2, 0.25) is 0 Å². The number of sulfone groups is 1. The number of rotatable bonds is 68. The zero-order valence-electron chi connectivity index (χ0n) is 88.0. The Balaban J connectivity index is 0.781. The number of hydrogen-bond acceptors (Lipinski definition) is 14. The van der Waals surface area contributed by atoms with Gasteiger partial charge in [0.05, 0.1) is 17.1 Å². The first-order valence-electron chi connectivity index (χ1n) is 55.5. The van der Waals surface area contributed by atoms with Gasteiger partial charge in [-0.1, -0.05) is 327 Å². The van der Waals surface area contributed by atoms with Crippen molar-refractivity contribution in [1.29, 1.82) is 0 Å². The van der Waals surface area contributed by atoms with Gasteiger partial charge in [0.2, 0.25) is 0 Å². The Labute approximate surface area is 894 Å². The topological polar surface area (TPSA) is 63.7 Å². The Hall–Kier alpha value is -7.12. The van der Waals surface area contributed by atoms with Crippen LogP contribution in [0.4, 0.5) is 5.69 Å². The second-order valence-corrected chi connectivity index (χ2v) is 51.6. The standard InChI is InChI=1S/C127H165NO4S10/c1-12-21-30-42-57-98-84-108(79-72-95-68-75-97(76-69-95)127(129)132-83-54-40-39-53-82-128(10)107-77-70-93(71-78-107)66-67-94-73-80-109(81-74-94)142(11,130)131)133-119(98)110-86-100(59-44-32-23-14-3)121(135-110)112-88-102(61-46-34-25-16-5)123(137-112)114-90-104(63-48-36-27-18-7)125(139-114)116-92-106(65-50-38-29-20-9)126(141-116)117-91-105(64-49-37-28-19-8)124(140-117)115-89-103(62-47-35-26-17-6)122(138-115)113-87-101(60-45-33-24-15-4)120(136-113)111-85-99(58-43-31-22-13-2)118(134-111)96-55-51-41-52-56-96/h41,51-52,55-56,66-81,84-92H,12-40,42-50,53-54,57-65,82-83H2,1-11H3/b67-66+,79-72+. The lowest BCUT2D eigenvalue weighted by Gasteiger charge is -2.19. The van der Waals surface area contributed by atoms with E-state index >= 15 is 0 Å². The average Bonchev–Trinajstić information content (AvgIpc) is 1.61. The zero-order valence-corrected chi connectivity index (χ0v) is 96.2. The van der Waals surface area contributed by atoms with Crippen molar-refractivity contribution in [3.8, 4) is 88.5 Å². The van der Waals surface area contributed by atoms with Crippen LogP contribution < -0.4 is 4.90 Å². The minimum atomic E-state index is -3.22. The summed E-state index contributed by atoms with van der Waals surface area (Å²) in [7, 11) is -1.09. The molecular weight excluding hydrogens is 1920 g/mol. The molecular formula is C127H165NO4S10. The van der Waals surface area contributed by atoms with Crippen LogP contribution in [0, 0.1) is 0 Å². The van der Waals surface area contributed by atoms with Crippen molar-refractivity contribution in [3.63, 3.8) is 0 Å². The number of nitrogens with zero attached hydrogens (tertiary/aromatic N) is 1. The molecule has 0 spiro atoms. The Morgan fingerprint density at radius 2 is 0.528 bits per heavy atom. The molecule has 0 radical (unpaired) electrons. The molecule has 13 rings (SSSR count). The largest absolute Gasteiger partial charge is 0.462 e. The first-order valence-corrected chi connectivity index (χ1v) is 64.7. The second kappa shape index (κ2) is 60.4. The smallest absolute Gasteiger partial charge is 0.338 e. The number of aryl methyl sites for hydroxylation is 9. The quantitative estimate of drug-likeness (QED) is 0.0216. The van der Waals surface area contributed by atoms with Crippen molar-refractivity contribution in [2.24, 2.45) is 0 Å². The maximum Gasteiger partial charge on any atom is 0.338 e. The fourth-order valence-electron chi connectivity index (χ4n) is 19.7. The van der Waals surface area contributed by atoms with Crippen LogP contribution in [0.15, 0.2) is 163 Å². The van der Waals surface area contributed by atoms with Crippen LogP contribution in [-0.2, 0) is 72.4 Å². The minimum absolute atomic E-state index is 0.265. The molecule has 0 bridgehead atoms. The highest BCUT2D eigenvalue weighted by Gasteiger charge is 2.29. The van der Waals surface area contributed by atoms with Gasteiger partial charge in [-0.2, -0.15) is 0 Å². The van der Waals surface area contributed by atoms with Gasteiger partial charge in [-0.3, -0.25) is 0 Å². The Morgan fingerprint density at radius 1 is 0.275 bits per heavy atom. The molecule has 0 saturated heterocycles. The molecule has 5 nitrogen and oxygen atoms in total. The molecule has 9 heterocycles. The summed E-state index contributed by atoms with van der Waals surface area (Å²) in [5.74, 6) is -0.265. The van der Waals surface area contributed by atoms with E-state index in [1.54, 1.807) is 51.1 Å². The normalized spacial score (nSPS) is 12.0. The third-order valence-corrected chi connectivity index (χ3v) is 41.3.